The standard InChI is InChI=1S/C12H13N3O2S/c1-18(16,17)11-7-8(5-6-15-11)9-3-2-4-10(13)12(9)14/h2-7H,13-14H2,1H3. The Labute approximate surface area is 105 Å². The lowest BCUT2D eigenvalue weighted by Gasteiger charge is -2.08. The van der Waals surface area contributed by atoms with Crippen molar-refractivity contribution < 1.29 is 8.42 Å². The quantitative estimate of drug-likeness (QED) is 0.796. The smallest absolute Gasteiger partial charge is 0.192 e. The highest BCUT2D eigenvalue weighted by Gasteiger charge is 2.11. The molecule has 0 bridgehead atoms. The van der Waals surface area contributed by atoms with E-state index >= 15 is 0 Å². The minimum absolute atomic E-state index is 0.0156. The molecule has 18 heavy (non-hydrogen) atoms. The number of para-hydroxylation sites is 1. The lowest BCUT2D eigenvalue weighted by molar-refractivity contribution is 0.598. The van der Waals surface area contributed by atoms with Crippen LogP contribution in [0, 0.1) is 0 Å². The van der Waals surface area contributed by atoms with Gasteiger partial charge in [0.1, 0.15) is 0 Å². The first-order valence-electron chi connectivity index (χ1n) is 5.20. The average Bonchev–Trinajstić information content (AvgIpc) is 2.32. The Morgan fingerprint density at radius 1 is 1.17 bits per heavy atom. The molecule has 0 amide bonds. The molecule has 2 rings (SSSR count). The maximum atomic E-state index is 11.4. The number of anilines is 2. The van der Waals surface area contributed by atoms with E-state index in [0.29, 0.717) is 22.5 Å². The van der Waals surface area contributed by atoms with Gasteiger partial charge in [-0.1, -0.05) is 12.1 Å². The fourth-order valence-corrected chi connectivity index (χ4v) is 2.21. The van der Waals surface area contributed by atoms with Crippen LogP contribution in [0.2, 0.25) is 0 Å². The first-order chi connectivity index (χ1) is 8.39. The highest BCUT2D eigenvalue weighted by molar-refractivity contribution is 7.90. The second-order valence-corrected chi connectivity index (χ2v) is 5.93. The van der Waals surface area contributed by atoms with Gasteiger partial charge in [-0.05, 0) is 23.8 Å². The van der Waals surface area contributed by atoms with Gasteiger partial charge in [-0.2, -0.15) is 0 Å². The molecule has 0 spiro atoms. The third-order valence-corrected chi connectivity index (χ3v) is 3.55. The molecule has 0 aliphatic carbocycles. The number of benzene rings is 1. The summed E-state index contributed by atoms with van der Waals surface area (Å²) < 4.78 is 22.9. The largest absolute Gasteiger partial charge is 0.397 e. The van der Waals surface area contributed by atoms with Crippen LogP contribution in [0.3, 0.4) is 0 Å². The lowest BCUT2D eigenvalue weighted by atomic mass is 10.0. The van der Waals surface area contributed by atoms with E-state index in [-0.39, 0.29) is 5.03 Å². The van der Waals surface area contributed by atoms with Crippen LogP contribution >= 0.6 is 0 Å². The molecule has 0 saturated carbocycles. The van der Waals surface area contributed by atoms with Crippen LogP contribution in [0.1, 0.15) is 0 Å². The summed E-state index contributed by atoms with van der Waals surface area (Å²) in [7, 11) is -3.34. The number of sulfone groups is 1. The van der Waals surface area contributed by atoms with Gasteiger partial charge in [-0.3, -0.25) is 0 Å². The topological polar surface area (TPSA) is 99.1 Å². The van der Waals surface area contributed by atoms with Crippen LogP contribution in [0.4, 0.5) is 11.4 Å². The van der Waals surface area contributed by atoms with Crippen LogP contribution in [-0.2, 0) is 9.84 Å². The van der Waals surface area contributed by atoms with E-state index in [4.69, 9.17) is 11.5 Å². The summed E-state index contributed by atoms with van der Waals surface area (Å²) in [4.78, 5) is 3.83. The van der Waals surface area contributed by atoms with Crippen molar-refractivity contribution >= 4 is 21.2 Å². The number of rotatable bonds is 2. The van der Waals surface area contributed by atoms with Crippen molar-refractivity contribution in [3.63, 3.8) is 0 Å². The van der Waals surface area contributed by atoms with Gasteiger partial charge >= 0.3 is 0 Å². The number of nitrogens with two attached hydrogens (primary N) is 2. The zero-order chi connectivity index (χ0) is 13.3. The predicted octanol–water partition coefficient (Wildman–Crippen LogP) is 1.32. The molecule has 2 aromatic rings. The Bertz CT molecular complexity index is 696. The molecule has 1 heterocycles. The summed E-state index contributed by atoms with van der Waals surface area (Å²) in [5, 5.41) is 0.0156. The minimum Gasteiger partial charge on any atom is -0.397 e. The Morgan fingerprint density at radius 3 is 2.56 bits per heavy atom. The van der Waals surface area contributed by atoms with E-state index in [1.54, 1.807) is 24.3 Å². The summed E-state index contributed by atoms with van der Waals surface area (Å²) in [5.41, 5.74) is 13.9. The Morgan fingerprint density at radius 2 is 1.89 bits per heavy atom. The average molecular weight is 263 g/mol. The van der Waals surface area contributed by atoms with Crippen molar-refractivity contribution in [1.29, 1.82) is 0 Å². The van der Waals surface area contributed by atoms with Gasteiger partial charge in [-0.25, -0.2) is 13.4 Å². The van der Waals surface area contributed by atoms with Crippen LogP contribution in [0.25, 0.3) is 11.1 Å². The fourth-order valence-electron chi connectivity index (χ4n) is 1.61. The van der Waals surface area contributed by atoms with Crippen molar-refractivity contribution in [2.75, 3.05) is 17.7 Å². The number of aromatic nitrogens is 1. The normalized spacial score (nSPS) is 11.4. The monoisotopic (exact) mass is 263 g/mol. The summed E-state index contributed by atoms with van der Waals surface area (Å²) in [6.45, 7) is 0. The molecule has 0 unspecified atom stereocenters. The number of nitrogens with zero attached hydrogens (tertiary/aromatic N) is 1. The fraction of sp³-hybridized carbons (Fsp3) is 0.0833. The molecule has 6 heteroatoms. The molecule has 1 aromatic carbocycles. The van der Waals surface area contributed by atoms with E-state index in [2.05, 4.69) is 4.98 Å². The van der Waals surface area contributed by atoms with Gasteiger partial charge in [0.25, 0.3) is 0 Å². The van der Waals surface area contributed by atoms with Gasteiger partial charge in [-0.15, -0.1) is 0 Å². The van der Waals surface area contributed by atoms with Gasteiger partial charge in [0, 0.05) is 18.0 Å². The van der Waals surface area contributed by atoms with Crippen molar-refractivity contribution in [2.45, 2.75) is 5.03 Å². The second-order valence-electron chi connectivity index (χ2n) is 3.96. The first kappa shape index (κ1) is 12.4. The Balaban J connectivity index is 2.62. The van der Waals surface area contributed by atoms with E-state index in [1.165, 1.54) is 12.3 Å². The second kappa shape index (κ2) is 4.30. The molecule has 1 aromatic heterocycles. The zero-order valence-corrected chi connectivity index (χ0v) is 10.6. The van der Waals surface area contributed by atoms with E-state index in [9.17, 15) is 8.42 Å². The molecular weight excluding hydrogens is 250 g/mol. The molecule has 0 atom stereocenters. The molecule has 0 fully saturated rings. The number of pyridine rings is 1. The highest BCUT2D eigenvalue weighted by atomic mass is 32.2. The minimum atomic E-state index is -3.34. The van der Waals surface area contributed by atoms with Crippen LogP contribution in [0.5, 0.6) is 0 Å². The molecule has 0 saturated heterocycles. The van der Waals surface area contributed by atoms with Gasteiger partial charge in [0.05, 0.1) is 11.4 Å². The maximum absolute atomic E-state index is 11.4. The van der Waals surface area contributed by atoms with Crippen molar-refractivity contribution in [1.82, 2.24) is 4.98 Å². The van der Waals surface area contributed by atoms with E-state index in [0.717, 1.165) is 6.26 Å². The van der Waals surface area contributed by atoms with Crippen LogP contribution in [-0.4, -0.2) is 19.7 Å². The van der Waals surface area contributed by atoms with E-state index < -0.39 is 9.84 Å². The van der Waals surface area contributed by atoms with Gasteiger partial charge in [0.15, 0.2) is 14.9 Å². The van der Waals surface area contributed by atoms with Gasteiger partial charge in [0.2, 0.25) is 0 Å². The number of hydrogen-bond acceptors (Lipinski definition) is 5. The first-order valence-corrected chi connectivity index (χ1v) is 7.09. The molecule has 0 aliphatic heterocycles. The third kappa shape index (κ3) is 2.28. The molecule has 0 radical (unpaired) electrons. The summed E-state index contributed by atoms with van der Waals surface area (Å²) in [6, 6.07) is 8.42. The molecule has 94 valence electrons. The van der Waals surface area contributed by atoms with Crippen molar-refractivity contribution in [3.8, 4) is 11.1 Å². The van der Waals surface area contributed by atoms with Crippen molar-refractivity contribution in [3.05, 3.63) is 36.5 Å². The summed E-state index contributed by atoms with van der Waals surface area (Å²) in [6.07, 6.45) is 2.55. The number of nitrogen functional groups attached to an aromatic ring is 2. The highest BCUT2D eigenvalue weighted by Crippen LogP contribution is 2.30. The molecule has 0 aliphatic rings. The number of hydrogen-bond donors (Lipinski definition) is 2. The third-order valence-electron chi connectivity index (χ3n) is 2.57. The lowest BCUT2D eigenvalue weighted by Crippen LogP contribution is -2.01. The van der Waals surface area contributed by atoms with Crippen molar-refractivity contribution in [2.24, 2.45) is 0 Å². The summed E-state index contributed by atoms with van der Waals surface area (Å²) in [5.74, 6) is 0. The molecule has 5 nitrogen and oxygen atoms in total. The maximum Gasteiger partial charge on any atom is 0.192 e. The predicted molar refractivity (Wildman–Crippen MR) is 71.6 cm³/mol. The zero-order valence-electron chi connectivity index (χ0n) is 9.79. The summed E-state index contributed by atoms with van der Waals surface area (Å²) >= 11 is 0. The van der Waals surface area contributed by atoms with Crippen LogP contribution in [0.15, 0.2) is 41.6 Å². The van der Waals surface area contributed by atoms with Gasteiger partial charge < -0.3 is 11.5 Å². The van der Waals surface area contributed by atoms with Crippen LogP contribution < -0.4 is 11.5 Å². The molecule has 4 N–H and O–H groups in total. The molecular formula is C12H13N3O2S. The Kier molecular flexibility index (Phi) is 2.96. The Hall–Kier alpha value is -2.08. The van der Waals surface area contributed by atoms with E-state index in [1.807, 2.05) is 0 Å². The SMILES string of the molecule is CS(=O)(=O)c1cc(-c2cccc(N)c2N)ccn1.